The highest BCUT2D eigenvalue weighted by Crippen LogP contribution is 2.38. The van der Waals surface area contributed by atoms with Crippen LogP contribution in [-0.4, -0.2) is 21.5 Å². The SMILES string of the molecule is CCCn1cc([C@H]2CC(=O)N(c3cccc(O)c3)C2=O)c2ccccc21. The highest BCUT2D eigenvalue weighted by Gasteiger charge is 2.41. The first-order valence-electron chi connectivity index (χ1n) is 8.83. The zero-order valence-electron chi connectivity index (χ0n) is 14.6. The molecule has 1 atom stereocenters. The summed E-state index contributed by atoms with van der Waals surface area (Å²) in [5.41, 5.74) is 2.40. The van der Waals surface area contributed by atoms with Crippen molar-refractivity contribution >= 4 is 28.4 Å². The molecule has 1 aliphatic rings. The van der Waals surface area contributed by atoms with E-state index in [0.29, 0.717) is 5.69 Å². The number of para-hydroxylation sites is 1. The van der Waals surface area contributed by atoms with Crippen molar-refractivity contribution in [2.75, 3.05) is 4.90 Å². The monoisotopic (exact) mass is 348 g/mol. The molecule has 3 aromatic rings. The Balaban J connectivity index is 1.77. The van der Waals surface area contributed by atoms with Crippen molar-refractivity contribution in [1.29, 1.82) is 0 Å². The average molecular weight is 348 g/mol. The van der Waals surface area contributed by atoms with Gasteiger partial charge in [-0.2, -0.15) is 0 Å². The van der Waals surface area contributed by atoms with E-state index in [0.717, 1.165) is 29.4 Å². The maximum atomic E-state index is 13.1. The topological polar surface area (TPSA) is 62.5 Å². The summed E-state index contributed by atoms with van der Waals surface area (Å²) in [7, 11) is 0. The molecule has 1 N–H and O–H groups in total. The quantitative estimate of drug-likeness (QED) is 0.730. The van der Waals surface area contributed by atoms with E-state index in [1.54, 1.807) is 12.1 Å². The van der Waals surface area contributed by atoms with E-state index in [1.807, 2.05) is 30.5 Å². The number of carbonyl (C=O) groups is 2. The van der Waals surface area contributed by atoms with Crippen LogP contribution in [0.1, 0.15) is 31.2 Å². The third-order valence-electron chi connectivity index (χ3n) is 4.89. The molecule has 1 saturated heterocycles. The second kappa shape index (κ2) is 6.33. The summed E-state index contributed by atoms with van der Waals surface area (Å²) >= 11 is 0. The predicted molar refractivity (Wildman–Crippen MR) is 100 cm³/mol. The molecule has 0 radical (unpaired) electrons. The third-order valence-corrected chi connectivity index (χ3v) is 4.89. The Morgan fingerprint density at radius 1 is 1.12 bits per heavy atom. The van der Waals surface area contributed by atoms with Gasteiger partial charge in [0.05, 0.1) is 11.6 Å². The molecule has 0 spiro atoms. The summed E-state index contributed by atoms with van der Waals surface area (Å²) in [4.78, 5) is 26.8. The molecular weight excluding hydrogens is 328 g/mol. The Bertz CT molecular complexity index is 1010. The first-order chi connectivity index (χ1) is 12.6. The van der Waals surface area contributed by atoms with Gasteiger partial charge in [0, 0.05) is 36.1 Å². The fourth-order valence-corrected chi connectivity index (χ4v) is 3.76. The molecule has 5 heteroatoms. The molecule has 2 aromatic carbocycles. The van der Waals surface area contributed by atoms with Crippen molar-refractivity contribution < 1.29 is 14.7 Å². The number of aryl methyl sites for hydroxylation is 1. The van der Waals surface area contributed by atoms with Crippen LogP contribution in [0.5, 0.6) is 5.75 Å². The Labute approximate surface area is 151 Å². The Morgan fingerprint density at radius 2 is 1.92 bits per heavy atom. The Kier molecular flexibility index (Phi) is 3.99. The van der Waals surface area contributed by atoms with E-state index in [1.165, 1.54) is 17.0 Å². The molecular formula is C21H20N2O3. The van der Waals surface area contributed by atoms with Crippen LogP contribution >= 0.6 is 0 Å². The van der Waals surface area contributed by atoms with Gasteiger partial charge in [-0.3, -0.25) is 9.59 Å². The van der Waals surface area contributed by atoms with Crippen LogP contribution in [0.25, 0.3) is 10.9 Å². The van der Waals surface area contributed by atoms with Crippen LogP contribution in [0, 0.1) is 0 Å². The summed E-state index contributed by atoms with van der Waals surface area (Å²) < 4.78 is 2.15. The van der Waals surface area contributed by atoms with Gasteiger partial charge in [0.1, 0.15) is 5.75 Å². The number of amides is 2. The van der Waals surface area contributed by atoms with Crippen molar-refractivity contribution in [2.45, 2.75) is 32.2 Å². The first-order valence-corrected chi connectivity index (χ1v) is 8.83. The van der Waals surface area contributed by atoms with Crippen molar-refractivity contribution in [3.05, 3.63) is 60.3 Å². The van der Waals surface area contributed by atoms with E-state index in [-0.39, 0.29) is 24.0 Å². The molecule has 2 heterocycles. The first kappa shape index (κ1) is 16.4. The summed E-state index contributed by atoms with van der Waals surface area (Å²) in [5.74, 6) is -0.933. The molecule has 0 aliphatic carbocycles. The summed E-state index contributed by atoms with van der Waals surface area (Å²) in [6.07, 6.45) is 3.15. The van der Waals surface area contributed by atoms with Gasteiger partial charge in [-0.25, -0.2) is 4.90 Å². The van der Waals surface area contributed by atoms with E-state index < -0.39 is 5.92 Å². The average Bonchev–Trinajstić information content (AvgIpc) is 3.13. The lowest BCUT2D eigenvalue weighted by Crippen LogP contribution is -2.29. The maximum absolute atomic E-state index is 13.1. The van der Waals surface area contributed by atoms with Crippen LogP contribution in [0.3, 0.4) is 0 Å². The number of benzene rings is 2. The highest BCUT2D eigenvalue weighted by molar-refractivity contribution is 6.23. The molecule has 5 nitrogen and oxygen atoms in total. The van der Waals surface area contributed by atoms with Gasteiger partial charge in [-0.05, 0) is 30.2 Å². The van der Waals surface area contributed by atoms with Gasteiger partial charge in [0.2, 0.25) is 11.8 Å². The molecule has 4 rings (SSSR count). The Hall–Kier alpha value is -3.08. The zero-order chi connectivity index (χ0) is 18.3. The molecule has 2 amide bonds. The lowest BCUT2D eigenvalue weighted by molar-refractivity contribution is -0.121. The molecule has 1 fully saturated rings. The van der Waals surface area contributed by atoms with Crippen LogP contribution in [0.4, 0.5) is 5.69 Å². The van der Waals surface area contributed by atoms with Crippen molar-refractivity contribution in [1.82, 2.24) is 4.57 Å². The number of phenols is 1. The number of hydrogen-bond acceptors (Lipinski definition) is 3. The number of imide groups is 1. The summed E-state index contributed by atoms with van der Waals surface area (Å²) in [5, 5.41) is 10.7. The number of aromatic nitrogens is 1. The van der Waals surface area contributed by atoms with Crippen molar-refractivity contribution in [2.24, 2.45) is 0 Å². The molecule has 26 heavy (non-hydrogen) atoms. The smallest absolute Gasteiger partial charge is 0.241 e. The van der Waals surface area contributed by atoms with Gasteiger partial charge in [0.25, 0.3) is 0 Å². The molecule has 132 valence electrons. The van der Waals surface area contributed by atoms with Crippen LogP contribution in [0.2, 0.25) is 0 Å². The lowest BCUT2D eigenvalue weighted by atomic mass is 9.97. The molecule has 0 unspecified atom stereocenters. The second-order valence-electron chi connectivity index (χ2n) is 6.64. The van der Waals surface area contributed by atoms with Crippen molar-refractivity contribution in [3.63, 3.8) is 0 Å². The predicted octanol–water partition coefficient (Wildman–Crippen LogP) is 3.80. The Morgan fingerprint density at radius 3 is 2.69 bits per heavy atom. The minimum absolute atomic E-state index is 0.0334. The van der Waals surface area contributed by atoms with Gasteiger partial charge in [-0.15, -0.1) is 0 Å². The normalized spacial score (nSPS) is 17.4. The van der Waals surface area contributed by atoms with E-state index >= 15 is 0 Å². The minimum atomic E-state index is -0.493. The number of phenolic OH excluding ortho intramolecular Hbond substituents is 1. The minimum Gasteiger partial charge on any atom is -0.508 e. The fourth-order valence-electron chi connectivity index (χ4n) is 3.76. The number of aromatic hydroxyl groups is 1. The number of anilines is 1. The van der Waals surface area contributed by atoms with Gasteiger partial charge < -0.3 is 9.67 Å². The van der Waals surface area contributed by atoms with Gasteiger partial charge in [0.15, 0.2) is 0 Å². The molecule has 0 bridgehead atoms. The number of nitrogens with zero attached hydrogens (tertiary/aromatic N) is 2. The molecule has 1 aromatic heterocycles. The van der Waals surface area contributed by atoms with Crippen LogP contribution in [0.15, 0.2) is 54.7 Å². The third kappa shape index (κ3) is 2.56. The van der Waals surface area contributed by atoms with Crippen LogP contribution in [-0.2, 0) is 16.1 Å². The number of fused-ring (bicyclic) bond motifs is 1. The summed E-state index contributed by atoms with van der Waals surface area (Å²) in [6.45, 7) is 2.98. The maximum Gasteiger partial charge on any atom is 0.241 e. The standard InChI is InChI=1S/C21H20N2O3/c1-2-10-22-13-18(16-8-3-4-9-19(16)22)17-12-20(25)23(21(17)26)14-6-5-7-15(24)11-14/h3-9,11,13,17,24H,2,10,12H2,1H3/t17-/m1/s1. The number of rotatable bonds is 4. The van der Waals surface area contributed by atoms with Gasteiger partial charge >= 0.3 is 0 Å². The number of hydrogen-bond donors (Lipinski definition) is 1. The second-order valence-corrected chi connectivity index (χ2v) is 6.64. The van der Waals surface area contributed by atoms with E-state index in [4.69, 9.17) is 0 Å². The lowest BCUT2D eigenvalue weighted by Gasteiger charge is -2.15. The largest absolute Gasteiger partial charge is 0.508 e. The summed E-state index contributed by atoms with van der Waals surface area (Å²) in [6, 6.07) is 14.2. The van der Waals surface area contributed by atoms with E-state index in [9.17, 15) is 14.7 Å². The molecule has 1 aliphatic heterocycles. The zero-order valence-corrected chi connectivity index (χ0v) is 14.6. The van der Waals surface area contributed by atoms with E-state index in [2.05, 4.69) is 11.5 Å². The highest BCUT2D eigenvalue weighted by atomic mass is 16.3. The fraction of sp³-hybridized carbons (Fsp3) is 0.238. The van der Waals surface area contributed by atoms with Gasteiger partial charge in [-0.1, -0.05) is 31.2 Å². The molecule has 0 saturated carbocycles. The van der Waals surface area contributed by atoms with Crippen molar-refractivity contribution in [3.8, 4) is 5.75 Å². The number of carbonyl (C=O) groups excluding carboxylic acids is 2. The van der Waals surface area contributed by atoms with Crippen LogP contribution < -0.4 is 4.90 Å².